The molecule has 1 aromatic rings. The molecule has 4 nitrogen and oxygen atoms in total. The number of nitriles is 1. The number of hydrogen-bond acceptors (Lipinski definition) is 4. The lowest BCUT2D eigenvalue weighted by Gasteiger charge is -2.17. The Morgan fingerprint density at radius 2 is 2.12 bits per heavy atom. The van der Waals surface area contributed by atoms with Gasteiger partial charge >= 0.3 is 0 Å². The first-order valence-electron chi connectivity index (χ1n) is 5.11. The van der Waals surface area contributed by atoms with Crippen LogP contribution in [0.25, 0.3) is 0 Å². The lowest BCUT2D eigenvalue weighted by atomic mass is 9.92. The van der Waals surface area contributed by atoms with E-state index in [9.17, 15) is 0 Å². The number of benzene rings is 1. The fourth-order valence-electron chi connectivity index (χ4n) is 1.79. The monoisotopic (exact) mass is 212 g/mol. The van der Waals surface area contributed by atoms with E-state index in [2.05, 4.69) is 16.3 Å². The second-order valence-electron chi connectivity index (χ2n) is 3.84. The van der Waals surface area contributed by atoms with Gasteiger partial charge in [0.15, 0.2) is 0 Å². The van der Waals surface area contributed by atoms with Crippen LogP contribution in [0.4, 0.5) is 0 Å². The lowest BCUT2D eigenvalue weighted by Crippen LogP contribution is -2.25. The van der Waals surface area contributed by atoms with Crippen molar-refractivity contribution >= 4 is 11.5 Å². The van der Waals surface area contributed by atoms with Crippen LogP contribution in [-0.4, -0.2) is 11.5 Å². The maximum atomic E-state index is 9.02. The summed E-state index contributed by atoms with van der Waals surface area (Å²) in [6.45, 7) is 2.04. The Labute approximate surface area is 94.1 Å². The van der Waals surface area contributed by atoms with Crippen molar-refractivity contribution in [3.8, 4) is 6.07 Å². The summed E-state index contributed by atoms with van der Waals surface area (Å²) in [5, 5.41) is 17.0. The zero-order chi connectivity index (χ0) is 11.5. The molecule has 80 valence electrons. The Kier molecular flexibility index (Phi) is 2.69. The first-order valence-corrected chi connectivity index (χ1v) is 5.11. The highest BCUT2D eigenvalue weighted by molar-refractivity contribution is 6.07. The smallest absolute Gasteiger partial charge is 0.123 e. The van der Waals surface area contributed by atoms with Crippen molar-refractivity contribution in [1.29, 1.82) is 5.26 Å². The van der Waals surface area contributed by atoms with Crippen molar-refractivity contribution < 1.29 is 0 Å². The molecule has 0 spiro atoms. The average Bonchev–Trinajstić information content (AvgIpc) is 2.29. The van der Waals surface area contributed by atoms with Crippen LogP contribution in [0.2, 0.25) is 0 Å². The van der Waals surface area contributed by atoms with Gasteiger partial charge in [0.2, 0.25) is 0 Å². The number of hydrogen-bond donors (Lipinski definition) is 1. The van der Waals surface area contributed by atoms with Gasteiger partial charge in [-0.05, 0) is 6.07 Å². The molecular formula is C12H12N4. The van der Waals surface area contributed by atoms with Crippen LogP contribution in [0.15, 0.2) is 34.5 Å². The molecule has 1 atom stereocenters. The summed E-state index contributed by atoms with van der Waals surface area (Å²) in [6, 6.07) is 9.58. The van der Waals surface area contributed by atoms with Crippen LogP contribution < -0.4 is 5.73 Å². The first kappa shape index (κ1) is 10.4. The Morgan fingerprint density at radius 3 is 2.81 bits per heavy atom. The zero-order valence-electron chi connectivity index (χ0n) is 9.01. The van der Waals surface area contributed by atoms with Gasteiger partial charge in [0.05, 0.1) is 17.3 Å². The van der Waals surface area contributed by atoms with E-state index in [4.69, 9.17) is 11.0 Å². The van der Waals surface area contributed by atoms with Gasteiger partial charge in [-0.15, -0.1) is 5.10 Å². The summed E-state index contributed by atoms with van der Waals surface area (Å²) in [5.74, 6) is 0.748. The largest absolute Gasteiger partial charge is 0.386 e. The minimum absolute atomic E-state index is 0.201. The highest BCUT2D eigenvalue weighted by Gasteiger charge is 2.20. The Balaban J connectivity index is 2.49. The van der Waals surface area contributed by atoms with E-state index in [1.807, 2.05) is 25.1 Å². The van der Waals surface area contributed by atoms with E-state index in [-0.39, 0.29) is 5.92 Å². The fourth-order valence-corrected chi connectivity index (χ4v) is 1.79. The second-order valence-corrected chi connectivity index (χ2v) is 3.84. The predicted molar refractivity (Wildman–Crippen MR) is 63.1 cm³/mol. The summed E-state index contributed by atoms with van der Waals surface area (Å²) >= 11 is 0. The minimum atomic E-state index is 0.201. The Morgan fingerprint density at radius 1 is 1.38 bits per heavy atom. The molecule has 0 fully saturated rings. The SMILES string of the molecule is CC1CC(N)=NN=C1c1ccccc1C#N. The van der Waals surface area contributed by atoms with Crippen molar-refractivity contribution in [1.82, 2.24) is 0 Å². The number of nitrogens with two attached hydrogens (primary N) is 1. The molecule has 0 amide bonds. The van der Waals surface area contributed by atoms with Crippen LogP contribution in [-0.2, 0) is 0 Å². The highest BCUT2D eigenvalue weighted by Crippen LogP contribution is 2.19. The van der Waals surface area contributed by atoms with Crippen molar-refractivity contribution in [3.05, 3.63) is 35.4 Å². The van der Waals surface area contributed by atoms with E-state index in [0.29, 0.717) is 17.8 Å². The third-order valence-electron chi connectivity index (χ3n) is 2.59. The molecule has 0 saturated heterocycles. The molecule has 0 bridgehead atoms. The standard InChI is InChI=1S/C12H12N4/c1-8-6-11(14)15-16-12(8)10-5-3-2-4-9(10)7-13/h2-5,8H,6H2,1H3,(H2,14,15). The molecule has 2 N–H and O–H groups in total. The van der Waals surface area contributed by atoms with E-state index in [1.165, 1.54) is 0 Å². The lowest BCUT2D eigenvalue weighted by molar-refractivity contribution is 0.783. The molecule has 0 saturated carbocycles. The summed E-state index contributed by atoms with van der Waals surface area (Å²) in [7, 11) is 0. The number of amidine groups is 1. The van der Waals surface area contributed by atoms with E-state index in [0.717, 1.165) is 11.3 Å². The summed E-state index contributed by atoms with van der Waals surface area (Å²) in [4.78, 5) is 0. The van der Waals surface area contributed by atoms with Gasteiger partial charge in [0, 0.05) is 17.9 Å². The molecule has 0 radical (unpaired) electrons. The molecule has 1 heterocycles. The van der Waals surface area contributed by atoms with Crippen molar-refractivity contribution in [2.75, 3.05) is 0 Å². The topological polar surface area (TPSA) is 74.5 Å². The zero-order valence-corrected chi connectivity index (χ0v) is 9.01. The van der Waals surface area contributed by atoms with Gasteiger partial charge < -0.3 is 5.73 Å². The molecule has 1 aliphatic rings. The van der Waals surface area contributed by atoms with E-state index in [1.54, 1.807) is 6.07 Å². The van der Waals surface area contributed by atoms with Gasteiger partial charge in [0.1, 0.15) is 5.84 Å². The number of nitrogens with zero attached hydrogens (tertiary/aromatic N) is 3. The van der Waals surface area contributed by atoms with Gasteiger partial charge in [-0.1, -0.05) is 25.1 Å². The van der Waals surface area contributed by atoms with E-state index >= 15 is 0 Å². The Bertz CT molecular complexity index is 508. The summed E-state index contributed by atoms with van der Waals surface area (Å²) in [6.07, 6.45) is 0.693. The van der Waals surface area contributed by atoms with Gasteiger partial charge in [0.25, 0.3) is 0 Å². The minimum Gasteiger partial charge on any atom is -0.386 e. The molecule has 0 aliphatic carbocycles. The molecule has 1 aliphatic heterocycles. The van der Waals surface area contributed by atoms with E-state index < -0.39 is 0 Å². The maximum Gasteiger partial charge on any atom is 0.123 e. The van der Waals surface area contributed by atoms with Crippen molar-refractivity contribution in [2.24, 2.45) is 21.9 Å². The molecule has 4 heteroatoms. The van der Waals surface area contributed by atoms with Crippen LogP contribution in [0.1, 0.15) is 24.5 Å². The summed E-state index contributed by atoms with van der Waals surface area (Å²) in [5.41, 5.74) is 7.94. The van der Waals surface area contributed by atoms with Crippen molar-refractivity contribution in [2.45, 2.75) is 13.3 Å². The maximum absolute atomic E-state index is 9.02. The second kappa shape index (κ2) is 4.15. The molecule has 2 rings (SSSR count). The molecular weight excluding hydrogens is 200 g/mol. The predicted octanol–water partition coefficient (Wildman–Crippen LogP) is 1.66. The van der Waals surface area contributed by atoms with Crippen LogP contribution in [0.3, 0.4) is 0 Å². The third-order valence-corrected chi connectivity index (χ3v) is 2.59. The third kappa shape index (κ3) is 1.80. The van der Waals surface area contributed by atoms with Crippen molar-refractivity contribution in [3.63, 3.8) is 0 Å². The number of rotatable bonds is 1. The molecule has 0 aromatic heterocycles. The fraction of sp³-hybridized carbons (Fsp3) is 0.250. The van der Waals surface area contributed by atoms with Crippen LogP contribution in [0, 0.1) is 17.2 Å². The average molecular weight is 212 g/mol. The van der Waals surface area contributed by atoms with Crippen LogP contribution >= 0.6 is 0 Å². The first-order chi connectivity index (χ1) is 7.72. The quantitative estimate of drug-likeness (QED) is 0.768. The normalized spacial score (nSPS) is 19.6. The Hall–Kier alpha value is -2.15. The molecule has 16 heavy (non-hydrogen) atoms. The summed E-state index contributed by atoms with van der Waals surface area (Å²) < 4.78 is 0. The molecule has 1 unspecified atom stereocenters. The highest BCUT2D eigenvalue weighted by atomic mass is 15.2. The van der Waals surface area contributed by atoms with Gasteiger partial charge in [-0.2, -0.15) is 10.4 Å². The van der Waals surface area contributed by atoms with Crippen LogP contribution in [0.5, 0.6) is 0 Å². The molecule has 1 aromatic carbocycles. The van der Waals surface area contributed by atoms with Gasteiger partial charge in [-0.25, -0.2) is 0 Å². The van der Waals surface area contributed by atoms with Gasteiger partial charge in [-0.3, -0.25) is 0 Å².